The van der Waals surface area contributed by atoms with E-state index in [1.165, 1.54) is 21.5 Å². The summed E-state index contributed by atoms with van der Waals surface area (Å²) in [6.07, 6.45) is 1.06. The minimum atomic E-state index is -0.499. The monoisotopic (exact) mass is 448 g/mol. The van der Waals surface area contributed by atoms with Gasteiger partial charge in [-0.1, -0.05) is 101 Å². The van der Waals surface area contributed by atoms with Crippen molar-refractivity contribution in [2.24, 2.45) is 0 Å². The first kappa shape index (κ1) is 18.4. The molecule has 0 atom stereocenters. The lowest BCUT2D eigenvalue weighted by atomic mass is 10.2. The number of aryl methyl sites for hydroxylation is 1. The van der Waals surface area contributed by atoms with Gasteiger partial charge in [0.1, 0.15) is 0 Å². The van der Waals surface area contributed by atoms with E-state index in [4.69, 9.17) is 0 Å². The van der Waals surface area contributed by atoms with Gasteiger partial charge in [-0.3, -0.25) is 0 Å². The summed E-state index contributed by atoms with van der Waals surface area (Å²) >= 11 is 3.59. The Kier molecular flexibility index (Phi) is 7.49. The number of benzene rings is 3. The van der Waals surface area contributed by atoms with Gasteiger partial charge in [-0.25, -0.2) is 0 Å². The molecule has 0 saturated heterocycles. The van der Waals surface area contributed by atoms with Gasteiger partial charge in [0.15, 0.2) is 0 Å². The smallest absolute Gasteiger partial charge is 0.00720 e. The Morgan fingerprint density at radius 1 is 0.652 bits per heavy atom. The van der Waals surface area contributed by atoms with Crippen LogP contribution in [0.5, 0.6) is 0 Å². The summed E-state index contributed by atoms with van der Waals surface area (Å²) in [5.74, 6) is 0. The van der Waals surface area contributed by atoms with Crippen molar-refractivity contribution in [2.75, 3.05) is 5.33 Å². The average molecular weight is 450 g/mol. The quantitative estimate of drug-likeness (QED) is 0.381. The molecule has 0 amide bonds. The van der Waals surface area contributed by atoms with Crippen LogP contribution in [0.25, 0.3) is 0 Å². The molecule has 0 spiro atoms. The molecular formula is C20H19Br2P. The van der Waals surface area contributed by atoms with Crippen molar-refractivity contribution in [3.05, 3.63) is 90.5 Å². The zero-order valence-corrected chi connectivity index (χ0v) is 16.9. The highest BCUT2D eigenvalue weighted by molar-refractivity contribution is 9.09. The Morgan fingerprint density at radius 2 is 1.13 bits per heavy atom. The fourth-order valence-corrected chi connectivity index (χ4v) is 5.55. The summed E-state index contributed by atoms with van der Waals surface area (Å²) < 4.78 is 0. The van der Waals surface area contributed by atoms with Crippen LogP contribution in [-0.2, 0) is 6.42 Å². The molecule has 0 heterocycles. The van der Waals surface area contributed by atoms with Crippen LogP contribution in [0.15, 0.2) is 84.9 Å². The van der Waals surface area contributed by atoms with Gasteiger partial charge in [-0.15, -0.1) is 17.0 Å². The molecule has 0 bridgehead atoms. The molecule has 3 heteroatoms. The van der Waals surface area contributed by atoms with E-state index in [-0.39, 0.29) is 17.0 Å². The van der Waals surface area contributed by atoms with Gasteiger partial charge < -0.3 is 0 Å². The fourth-order valence-electron chi connectivity index (χ4n) is 2.62. The first-order valence-corrected chi connectivity index (χ1v) is 9.90. The molecule has 0 saturated carbocycles. The van der Waals surface area contributed by atoms with Crippen LogP contribution in [-0.4, -0.2) is 5.33 Å². The standard InChI is InChI=1S/C20H18BrP.BrH/c21-16-15-17-9-7-8-14-20(17)22(18-10-3-1-4-11-18)19-12-5-2-6-13-19;/h1-14H,15-16H2;1H. The summed E-state index contributed by atoms with van der Waals surface area (Å²) in [6, 6.07) is 30.6. The molecule has 0 aliphatic rings. The highest BCUT2D eigenvalue weighted by Gasteiger charge is 2.18. The lowest BCUT2D eigenvalue weighted by Gasteiger charge is -2.22. The van der Waals surface area contributed by atoms with Crippen LogP contribution < -0.4 is 15.9 Å². The number of rotatable bonds is 5. The Hall–Kier alpha value is -0.950. The maximum absolute atomic E-state index is 3.59. The zero-order chi connectivity index (χ0) is 15.2. The predicted molar refractivity (Wildman–Crippen MR) is 113 cm³/mol. The van der Waals surface area contributed by atoms with E-state index in [1.807, 2.05) is 0 Å². The third kappa shape index (κ3) is 4.53. The molecule has 0 N–H and O–H groups in total. The Bertz CT molecular complexity index is 674. The van der Waals surface area contributed by atoms with Gasteiger partial charge in [0.2, 0.25) is 0 Å². The SMILES string of the molecule is Br.BrCCc1ccccc1P(c1ccccc1)c1ccccc1. The summed E-state index contributed by atoms with van der Waals surface area (Å²) in [6.45, 7) is 0. The van der Waals surface area contributed by atoms with Crippen LogP contribution in [0.1, 0.15) is 5.56 Å². The normalized spacial score (nSPS) is 10.3. The third-order valence-electron chi connectivity index (χ3n) is 3.63. The second-order valence-corrected chi connectivity index (χ2v) is 8.05. The van der Waals surface area contributed by atoms with Crippen LogP contribution in [0.2, 0.25) is 0 Å². The summed E-state index contributed by atoms with van der Waals surface area (Å²) in [7, 11) is -0.499. The first-order valence-electron chi connectivity index (χ1n) is 7.44. The maximum atomic E-state index is 3.59. The molecular weight excluding hydrogens is 431 g/mol. The van der Waals surface area contributed by atoms with Gasteiger partial charge in [0.25, 0.3) is 0 Å². The van der Waals surface area contributed by atoms with Crippen LogP contribution in [0, 0.1) is 0 Å². The minimum absolute atomic E-state index is 0. The highest BCUT2D eigenvalue weighted by Crippen LogP contribution is 2.34. The molecule has 23 heavy (non-hydrogen) atoms. The third-order valence-corrected chi connectivity index (χ3v) is 6.57. The number of hydrogen-bond donors (Lipinski definition) is 0. The lowest BCUT2D eigenvalue weighted by molar-refractivity contribution is 1.18. The molecule has 0 aliphatic carbocycles. The van der Waals surface area contributed by atoms with E-state index in [1.54, 1.807) is 0 Å². The number of halogens is 2. The van der Waals surface area contributed by atoms with Crippen molar-refractivity contribution < 1.29 is 0 Å². The van der Waals surface area contributed by atoms with Gasteiger partial charge >= 0.3 is 0 Å². The molecule has 0 aliphatic heterocycles. The largest absolute Gasteiger partial charge is 0.114 e. The van der Waals surface area contributed by atoms with Crippen molar-refractivity contribution >= 4 is 56.7 Å². The Labute approximate surface area is 158 Å². The summed E-state index contributed by atoms with van der Waals surface area (Å²) in [5.41, 5.74) is 1.44. The molecule has 3 aromatic carbocycles. The van der Waals surface area contributed by atoms with E-state index in [2.05, 4.69) is 101 Å². The van der Waals surface area contributed by atoms with Crippen molar-refractivity contribution in [1.82, 2.24) is 0 Å². The molecule has 3 rings (SSSR count). The summed E-state index contributed by atoms with van der Waals surface area (Å²) in [5, 5.41) is 5.28. The number of hydrogen-bond acceptors (Lipinski definition) is 0. The van der Waals surface area contributed by atoms with Gasteiger partial charge in [-0.05, 0) is 35.8 Å². The van der Waals surface area contributed by atoms with Crippen molar-refractivity contribution in [3.8, 4) is 0 Å². The maximum Gasteiger partial charge on any atom is 0.00720 e. The molecule has 0 unspecified atom stereocenters. The van der Waals surface area contributed by atoms with Gasteiger partial charge in [0, 0.05) is 5.33 Å². The molecule has 0 radical (unpaired) electrons. The second kappa shape index (κ2) is 9.37. The van der Waals surface area contributed by atoms with Gasteiger partial charge in [-0.2, -0.15) is 0 Å². The van der Waals surface area contributed by atoms with Crippen molar-refractivity contribution in [1.29, 1.82) is 0 Å². The molecule has 0 fully saturated rings. The first-order chi connectivity index (χ1) is 10.9. The Morgan fingerprint density at radius 3 is 1.65 bits per heavy atom. The van der Waals surface area contributed by atoms with E-state index >= 15 is 0 Å². The van der Waals surface area contributed by atoms with E-state index in [0.29, 0.717) is 0 Å². The molecule has 0 nitrogen and oxygen atoms in total. The molecule has 0 aromatic heterocycles. The average Bonchev–Trinajstić information content (AvgIpc) is 2.59. The van der Waals surface area contributed by atoms with Crippen LogP contribution in [0.3, 0.4) is 0 Å². The second-order valence-electron chi connectivity index (χ2n) is 5.07. The molecule has 3 aromatic rings. The molecule has 118 valence electrons. The van der Waals surface area contributed by atoms with E-state index in [0.717, 1.165) is 11.8 Å². The van der Waals surface area contributed by atoms with Crippen LogP contribution >= 0.6 is 40.8 Å². The Balaban J connectivity index is 0.00000192. The lowest BCUT2D eigenvalue weighted by Crippen LogP contribution is -2.23. The van der Waals surface area contributed by atoms with E-state index < -0.39 is 7.92 Å². The minimum Gasteiger partial charge on any atom is -0.114 e. The zero-order valence-electron chi connectivity index (χ0n) is 12.7. The van der Waals surface area contributed by atoms with Crippen LogP contribution in [0.4, 0.5) is 0 Å². The number of alkyl halides is 1. The van der Waals surface area contributed by atoms with E-state index in [9.17, 15) is 0 Å². The fraction of sp³-hybridized carbons (Fsp3) is 0.100. The van der Waals surface area contributed by atoms with Crippen molar-refractivity contribution in [3.63, 3.8) is 0 Å². The highest BCUT2D eigenvalue weighted by atomic mass is 79.9. The van der Waals surface area contributed by atoms with Crippen molar-refractivity contribution in [2.45, 2.75) is 6.42 Å². The van der Waals surface area contributed by atoms with Gasteiger partial charge in [0.05, 0.1) is 0 Å². The topological polar surface area (TPSA) is 0 Å². The predicted octanol–water partition coefficient (Wildman–Crippen LogP) is 4.96. The summed E-state index contributed by atoms with van der Waals surface area (Å²) in [4.78, 5) is 0.